The molecule has 0 aliphatic carbocycles. The summed E-state index contributed by atoms with van der Waals surface area (Å²) in [4.78, 5) is 12.4. The normalized spacial score (nSPS) is 10.7. The average Bonchev–Trinajstić information content (AvgIpc) is 2.94. The van der Waals surface area contributed by atoms with Crippen molar-refractivity contribution in [1.82, 2.24) is 15.0 Å². The van der Waals surface area contributed by atoms with Crippen molar-refractivity contribution in [2.24, 2.45) is 0 Å². The van der Waals surface area contributed by atoms with Crippen LogP contribution in [0.5, 0.6) is 5.75 Å². The van der Waals surface area contributed by atoms with E-state index in [0.29, 0.717) is 16.5 Å². The van der Waals surface area contributed by atoms with Gasteiger partial charge in [0.05, 0.1) is 11.4 Å². The molecule has 0 spiro atoms. The summed E-state index contributed by atoms with van der Waals surface area (Å²) in [5, 5.41) is 8.70. The van der Waals surface area contributed by atoms with Gasteiger partial charge >= 0.3 is 5.97 Å². The van der Waals surface area contributed by atoms with E-state index >= 15 is 0 Å². The van der Waals surface area contributed by atoms with E-state index in [1.165, 1.54) is 0 Å². The quantitative estimate of drug-likeness (QED) is 0.532. The van der Waals surface area contributed by atoms with Gasteiger partial charge in [-0.2, -0.15) is 0 Å². The highest BCUT2D eigenvalue weighted by Crippen LogP contribution is 2.24. The number of ether oxygens (including phenoxy) is 1. The van der Waals surface area contributed by atoms with Gasteiger partial charge in [0.15, 0.2) is 5.69 Å². The van der Waals surface area contributed by atoms with Gasteiger partial charge in [-0.1, -0.05) is 41.1 Å². The summed E-state index contributed by atoms with van der Waals surface area (Å²) in [6, 6.07) is 12.8. The van der Waals surface area contributed by atoms with Crippen LogP contribution in [0.3, 0.4) is 0 Å². The van der Waals surface area contributed by atoms with Gasteiger partial charge in [0.25, 0.3) is 0 Å². The zero-order valence-corrected chi connectivity index (χ0v) is 14.3. The Kier molecular flexibility index (Phi) is 4.36. The first-order valence-corrected chi connectivity index (χ1v) is 7.82. The number of aryl methyl sites for hydroxylation is 1. The molecule has 0 aliphatic rings. The fourth-order valence-corrected chi connectivity index (χ4v) is 2.56. The van der Waals surface area contributed by atoms with Crippen LogP contribution >= 0.6 is 11.6 Å². The first kappa shape index (κ1) is 16.2. The first-order chi connectivity index (χ1) is 11.5. The highest BCUT2D eigenvalue weighted by atomic mass is 35.5. The third kappa shape index (κ3) is 2.90. The van der Waals surface area contributed by atoms with Crippen molar-refractivity contribution >= 4 is 17.6 Å². The monoisotopic (exact) mass is 341 g/mol. The molecule has 3 aromatic rings. The molecule has 3 rings (SSSR count). The van der Waals surface area contributed by atoms with Gasteiger partial charge in [-0.3, -0.25) is 0 Å². The first-order valence-electron chi connectivity index (χ1n) is 7.44. The Balaban J connectivity index is 1.94. The summed E-state index contributed by atoms with van der Waals surface area (Å²) in [6.45, 7) is 5.54. The topological polar surface area (TPSA) is 57.0 Å². The SMILES string of the molecule is Cc1ccccc1OC(=O)c1nnn(-c2cccc(Cl)c2C)c1C. The molecule has 0 saturated heterocycles. The van der Waals surface area contributed by atoms with Crippen molar-refractivity contribution < 1.29 is 9.53 Å². The van der Waals surface area contributed by atoms with E-state index in [0.717, 1.165) is 16.8 Å². The van der Waals surface area contributed by atoms with Crippen LogP contribution in [0.15, 0.2) is 42.5 Å². The molecule has 122 valence electrons. The number of halogens is 1. The number of carbonyl (C=O) groups excluding carboxylic acids is 1. The van der Waals surface area contributed by atoms with Gasteiger partial charge in [-0.25, -0.2) is 9.48 Å². The van der Waals surface area contributed by atoms with Gasteiger partial charge < -0.3 is 4.74 Å². The molecule has 6 heteroatoms. The molecule has 1 aromatic heterocycles. The Labute approximate surface area is 144 Å². The molecule has 0 N–H and O–H groups in total. The molecule has 0 amide bonds. The highest BCUT2D eigenvalue weighted by Gasteiger charge is 2.21. The minimum atomic E-state index is -0.535. The zero-order chi connectivity index (χ0) is 17.3. The maximum Gasteiger partial charge on any atom is 0.366 e. The zero-order valence-electron chi connectivity index (χ0n) is 13.6. The molecule has 0 bridgehead atoms. The molecule has 2 aromatic carbocycles. The number of esters is 1. The van der Waals surface area contributed by atoms with Crippen LogP contribution in [-0.2, 0) is 0 Å². The lowest BCUT2D eigenvalue weighted by atomic mass is 10.2. The van der Waals surface area contributed by atoms with Crippen molar-refractivity contribution in [3.05, 3.63) is 70.0 Å². The van der Waals surface area contributed by atoms with Gasteiger partial charge in [-0.15, -0.1) is 5.10 Å². The molecule has 0 saturated carbocycles. The van der Waals surface area contributed by atoms with E-state index in [4.69, 9.17) is 16.3 Å². The minimum absolute atomic E-state index is 0.178. The van der Waals surface area contributed by atoms with Crippen molar-refractivity contribution in [3.8, 4) is 11.4 Å². The standard InChI is InChI=1S/C18H16ClN3O2/c1-11-7-4-5-10-16(11)24-18(23)17-13(3)22(21-20-17)15-9-6-8-14(19)12(15)2/h4-10H,1-3H3. The third-order valence-corrected chi connectivity index (χ3v) is 4.26. The third-order valence-electron chi connectivity index (χ3n) is 3.85. The van der Waals surface area contributed by atoms with Crippen LogP contribution in [-0.4, -0.2) is 21.0 Å². The van der Waals surface area contributed by atoms with Crippen LogP contribution in [0, 0.1) is 20.8 Å². The van der Waals surface area contributed by atoms with Gasteiger partial charge in [0.2, 0.25) is 0 Å². The van der Waals surface area contributed by atoms with E-state index in [1.807, 2.05) is 44.2 Å². The van der Waals surface area contributed by atoms with E-state index in [2.05, 4.69) is 10.3 Å². The predicted octanol–water partition coefficient (Wildman–Crippen LogP) is 4.07. The second-order valence-corrected chi connectivity index (χ2v) is 5.88. The molecule has 0 radical (unpaired) electrons. The second-order valence-electron chi connectivity index (χ2n) is 5.47. The lowest BCUT2D eigenvalue weighted by molar-refractivity contribution is 0.0726. The summed E-state index contributed by atoms with van der Waals surface area (Å²) in [5.74, 6) is -0.0249. The number of hydrogen-bond acceptors (Lipinski definition) is 4. The van der Waals surface area contributed by atoms with Crippen LogP contribution in [0.25, 0.3) is 5.69 Å². The molecule has 0 aliphatic heterocycles. The van der Waals surface area contributed by atoms with E-state index in [9.17, 15) is 4.79 Å². The number of aromatic nitrogens is 3. The maximum absolute atomic E-state index is 12.4. The largest absolute Gasteiger partial charge is 0.421 e. The Bertz CT molecular complexity index is 918. The summed E-state index contributed by atoms with van der Waals surface area (Å²) >= 11 is 6.16. The summed E-state index contributed by atoms with van der Waals surface area (Å²) in [7, 11) is 0. The molecule has 0 atom stereocenters. The Morgan fingerprint density at radius 2 is 1.83 bits per heavy atom. The van der Waals surface area contributed by atoms with Crippen molar-refractivity contribution in [3.63, 3.8) is 0 Å². The number of carbonyl (C=O) groups is 1. The number of para-hydroxylation sites is 1. The van der Waals surface area contributed by atoms with Crippen molar-refractivity contribution in [2.75, 3.05) is 0 Å². The van der Waals surface area contributed by atoms with Gasteiger partial charge in [-0.05, 0) is 50.1 Å². The van der Waals surface area contributed by atoms with Crippen LogP contribution in [0.2, 0.25) is 5.02 Å². The summed E-state index contributed by atoms with van der Waals surface area (Å²) in [6.07, 6.45) is 0. The van der Waals surface area contributed by atoms with E-state index in [-0.39, 0.29) is 5.69 Å². The predicted molar refractivity (Wildman–Crippen MR) is 92.0 cm³/mol. The summed E-state index contributed by atoms with van der Waals surface area (Å²) in [5.41, 5.74) is 3.30. The molecular weight excluding hydrogens is 326 g/mol. The van der Waals surface area contributed by atoms with Crippen LogP contribution in [0.1, 0.15) is 27.3 Å². The second kappa shape index (κ2) is 6.45. The molecule has 0 unspecified atom stereocenters. The number of rotatable bonds is 3. The molecule has 0 fully saturated rings. The van der Waals surface area contributed by atoms with Crippen molar-refractivity contribution in [1.29, 1.82) is 0 Å². The Morgan fingerprint density at radius 1 is 1.08 bits per heavy atom. The molecular formula is C18H16ClN3O2. The maximum atomic E-state index is 12.4. The minimum Gasteiger partial charge on any atom is -0.421 e. The molecule has 24 heavy (non-hydrogen) atoms. The van der Waals surface area contributed by atoms with Gasteiger partial charge in [0.1, 0.15) is 5.75 Å². The number of hydrogen-bond donors (Lipinski definition) is 0. The van der Waals surface area contributed by atoms with Crippen LogP contribution < -0.4 is 4.74 Å². The lowest BCUT2D eigenvalue weighted by Crippen LogP contribution is -2.12. The van der Waals surface area contributed by atoms with Gasteiger partial charge in [0, 0.05) is 5.02 Å². The average molecular weight is 342 g/mol. The Morgan fingerprint density at radius 3 is 2.58 bits per heavy atom. The van der Waals surface area contributed by atoms with Crippen molar-refractivity contribution in [2.45, 2.75) is 20.8 Å². The number of nitrogens with zero attached hydrogens (tertiary/aromatic N) is 3. The lowest BCUT2D eigenvalue weighted by Gasteiger charge is -2.09. The molecule has 1 heterocycles. The fourth-order valence-electron chi connectivity index (χ4n) is 2.39. The smallest absolute Gasteiger partial charge is 0.366 e. The fraction of sp³-hybridized carbons (Fsp3) is 0.167. The van der Waals surface area contributed by atoms with E-state index < -0.39 is 5.97 Å². The van der Waals surface area contributed by atoms with Crippen LogP contribution in [0.4, 0.5) is 0 Å². The van der Waals surface area contributed by atoms with E-state index in [1.54, 1.807) is 23.7 Å². The molecule has 5 nitrogen and oxygen atoms in total. The summed E-state index contributed by atoms with van der Waals surface area (Å²) < 4.78 is 7.03. The Hall–Kier alpha value is -2.66. The number of benzene rings is 2. The highest BCUT2D eigenvalue weighted by molar-refractivity contribution is 6.31.